The average Bonchev–Trinajstić information content (AvgIpc) is 2.26. The molecule has 0 spiro atoms. The van der Waals surface area contributed by atoms with Crippen LogP contribution in [0.15, 0.2) is 30.3 Å². The van der Waals surface area contributed by atoms with E-state index in [1.54, 1.807) is 30.3 Å². The van der Waals surface area contributed by atoms with Gasteiger partial charge >= 0.3 is 12.1 Å². The first-order valence-corrected chi connectivity index (χ1v) is 4.27. The van der Waals surface area contributed by atoms with E-state index in [9.17, 15) is 9.59 Å². The Morgan fingerprint density at radius 2 is 1.80 bits per heavy atom. The number of para-hydroxylation sites is 1. The zero-order valence-electron chi connectivity index (χ0n) is 8.47. The molecule has 0 aromatic heterocycles. The monoisotopic (exact) mass is 209 g/mol. The lowest BCUT2D eigenvalue weighted by Crippen LogP contribution is -2.32. The van der Waals surface area contributed by atoms with Crippen LogP contribution in [0.3, 0.4) is 0 Å². The van der Waals surface area contributed by atoms with Gasteiger partial charge in [-0.25, -0.2) is 9.59 Å². The molecule has 0 fully saturated rings. The van der Waals surface area contributed by atoms with Crippen LogP contribution in [-0.2, 0) is 14.4 Å². The van der Waals surface area contributed by atoms with Gasteiger partial charge in [-0.15, -0.1) is 5.06 Å². The van der Waals surface area contributed by atoms with Gasteiger partial charge in [0.2, 0.25) is 0 Å². The Hall–Kier alpha value is -2.04. The molecular formula is C10H11NO4. The highest BCUT2D eigenvalue weighted by molar-refractivity contribution is 5.87. The van der Waals surface area contributed by atoms with Crippen LogP contribution in [0.2, 0.25) is 0 Å². The van der Waals surface area contributed by atoms with Gasteiger partial charge in [-0.2, -0.15) is 0 Å². The van der Waals surface area contributed by atoms with Gasteiger partial charge in [-0.05, 0) is 12.1 Å². The number of benzene rings is 1. The first-order valence-electron chi connectivity index (χ1n) is 4.27. The second-order valence-electron chi connectivity index (χ2n) is 2.68. The number of hydrogen-bond donors (Lipinski definition) is 0. The molecule has 80 valence electrons. The van der Waals surface area contributed by atoms with Crippen LogP contribution in [0.5, 0.6) is 0 Å². The molecule has 0 radical (unpaired) electrons. The van der Waals surface area contributed by atoms with E-state index in [4.69, 9.17) is 4.84 Å². The van der Waals surface area contributed by atoms with E-state index in [-0.39, 0.29) is 0 Å². The van der Waals surface area contributed by atoms with Crippen molar-refractivity contribution < 1.29 is 19.2 Å². The highest BCUT2D eigenvalue weighted by Gasteiger charge is 2.19. The van der Waals surface area contributed by atoms with Gasteiger partial charge < -0.3 is 9.57 Å². The van der Waals surface area contributed by atoms with Crippen molar-refractivity contribution in [1.82, 2.24) is 0 Å². The van der Waals surface area contributed by atoms with Crippen molar-refractivity contribution >= 4 is 17.7 Å². The Bertz CT molecular complexity index is 350. The lowest BCUT2D eigenvalue weighted by molar-refractivity contribution is -0.141. The number of methoxy groups -OCH3 is 1. The first-order chi connectivity index (χ1) is 7.15. The van der Waals surface area contributed by atoms with Crippen molar-refractivity contribution in [2.24, 2.45) is 0 Å². The molecule has 1 aromatic carbocycles. The number of anilines is 1. The summed E-state index contributed by atoms with van der Waals surface area (Å²) >= 11 is 0. The maximum atomic E-state index is 11.3. The molecule has 5 heteroatoms. The molecule has 0 saturated carbocycles. The fourth-order valence-electron chi connectivity index (χ4n) is 0.970. The summed E-state index contributed by atoms with van der Waals surface area (Å²) in [5, 5.41) is 0.794. The minimum atomic E-state index is -0.753. The van der Waals surface area contributed by atoms with Crippen LogP contribution >= 0.6 is 0 Å². The molecule has 1 rings (SSSR count). The Balaban J connectivity index is 2.91. The summed E-state index contributed by atoms with van der Waals surface area (Å²) in [6.45, 7) is 1.21. The maximum Gasteiger partial charge on any atom is 0.447 e. The van der Waals surface area contributed by atoms with E-state index >= 15 is 0 Å². The molecule has 1 amide bonds. The third kappa shape index (κ3) is 2.98. The SMILES string of the molecule is COC(=O)N(OC(C)=O)c1ccccc1. The Morgan fingerprint density at radius 1 is 1.20 bits per heavy atom. The smallest absolute Gasteiger partial charge is 0.447 e. The second-order valence-corrected chi connectivity index (χ2v) is 2.68. The van der Waals surface area contributed by atoms with E-state index in [1.165, 1.54) is 14.0 Å². The summed E-state index contributed by atoms with van der Waals surface area (Å²) in [5.74, 6) is -0.593. The van der Waals surface area contributed by atoms with Gasteiger partial charge in [0.1, 0.15) is 0 Å². The molecule has 15 heavy (non-hydrogen) atoms. The zero-order chi connectivity index (χ0) is 11.3. The van der Waals surface area contributed by atoms with Crippen molar-refractivity contribution in [2.75, 3.05) is 12.2 Å². The van der Waals surface area contributed by atoms with Crippen LogP contribution in [0, 0.1) is 0 Å². The molecule has 0 aliphatic carbocycles. The van der Waals surface area contributed by atoms with Gasteiger partial charge in [0.25, 0.3) is 0 Å². The molecule has 0 atom stereocenters. The number of ether oxygens (including phenoxy) is 1. The zero-order valence-corrected chi connectivity index (χ0v) is 8.47. The first kappa shape index (κ1) is 11.0. The number of rotatable bonds is 1. The Labute approximate surface area is 87.2 Å². The predicted molar refractivity (Wildman–Crippen MR) is 53.1 cm³/mol. The molecule has 0 bridgehead atoms. The Morgan fingerprint density at radius 3 is 2.27 bits per heavy atom. The number of carbonyl (C=O) groups excluding carboxylic acids is 2. The van der Waals surface area contributed by atoms with E-state index < -0.39 is 12.1 Å². The number of hydroxylamine groups is 1. The topological polar surface area (TPSA) is 55.8 Å². The molecule has 0 N–H and O–H groups in total. The van der Waals surface area contributed by atoms with Crippen LogP contribution < -0.4 is 5.06 Å². The van der Waals surface area contributed by atoms with E-state index in [0.717, 1.165) is 5.06 Å². The average molecular weight is 209 g/mol. The van der Waals surface area contributed by atoms with E-state index in [1.807, 2.05) is 0 Å². The second kappa shape index (κ2) is 4.99. The van der Waals surface area contributed by atoms with Crippen LogP contribution in [0.25, 0.3) is 0 Å². The molecule has 0 aliphatic rings. The third-order valence-electron chi connectivity index (χ3n) is 1.55. The lowest BCUT2D eigenvalue weighted by Gasteiger charge is -2.18. The summed E-state index contributed by atoms with van der Waals surface area (Å²) in [7, 11) is 1.21. The van der Waals surface area contributed by atoms with Crippen LogP contribution in [-0.4, -0.2) is 19.2 Å². The largest absolute Gasteiger partial charge is 0.450 e. The van der Waals surface area contributed by atoms with Crippen LogP contribution in [0.4, 0.5) is 10.5 Å². The minimum absolute atomic E-state index is 0.430. The van der Waals surface area contributed by atoms with Crippen molar-refractivity contribution in [3.8, 4) is 0 Å². The molecule has 5 nitrogen and oxygen atoms in total. The number of hydrogen-bond acceptors (Lipinski definition) is 4. The maximum absolute atomic E-state index is 11.3. The predicted octanol–water partition coefficient (Wildman–Crippen LogP) is 1.74. The summed E-state index contributed by atoms with van der Waals surface area (Å²) in [5.41, 5.74) is 0.430. The molecule has 0 heterocycles. The van der Waals surface area contributed by atoms with Gasteiger partial charge in [-0.3, -0.25) is 0 Å². The Kier molecular flexibility index (Phi) is 3.68. The van der Waals surface area contributed by atoms with Crippen molar-refractivity contribution in [1.29, 1.82) is 0 Å². The number of carbonyl (C=O) groups is 2. The normalized spacial score (nSPS) is 9.20. The van der Waals surface area contributed by atoms with E-state index in [2.05, 4.69) is 4.74 Å². The van der Waals surface area contributed by atoms with Gasteiger partial charge in [0, 0.05) is 6.92 Å². The third-order valence-corrected chi connectivity index (χ3v) is 1.55. The number of nitrogens with zero attached hydrogens (tertiary/aromatic N) is 1. The molecular weight excluding hydrogens is 198 g/mol. The highest BCUT2D eigenvalue weighted by atomic mass is 16.7. The summed E-state index contributed by atoms with van der Waals surface area (Å²) in [4.78, 5) is 26.8. The van der Waals surface area contributed by atoms with Crippen molar-refractivity contribution in [3.63, 3.8) is 0 Å². The van der Waals surface area contributed by atoms with Gasteiger partial charge in [-0.1, -0.05) is 18.2 Å². The van der Waals surface area contributed by atoms with Crippen molar-refractivity contribution in [2.45, 2.75) is 6.92 Å². The van der Waals surface area contributed by atoms with Gasteiger partial charge in [0.05, 0.1) is 12.8 Å². The standard InChI is InChI=1S/C10H11NO4/c1-8(12)15-11(10(13)14-2)9-6-4-3-5-7-9/h3-7H,1-2H3. The quantitative estimate of drug-likeness (QED) is 0.661. The van der Waals surface area contributed by atoms with E-state index in [0.29, 0.717) is 5.69 Å². The summed E-state index contributed by atoms with van der Waals surface area (Å²) < 4.78 is 4.48. The summed E-state index contributed by atoms with van der Waals surface area (Å²) in [6, 6.07) is 8.47. The highest BCUT2D eigenvalue weighted by Crippen LogP contribution is 2.14. The molecule has 1 aromatic rings. The number of amides is 1. The fourth-order valence-corrected chi connectivity index (χ4v) is 0.970. The lowest BCUT2D eigenvalue weighted by atomic mass is 10.3. The van der Waals surface area contributed by atoms with Crippen LogP contribution in [0.1, 0.15) is 6.92 Å². The molecule has 0 aliphatic heterocycles. The fraction of sp³-hybridized carbons (Fsp3) is 0.200. The molecule has 0 unspecified atom stereocenters. The minimum Gasteiger partial charge on any atom is -0.450 e. The van der Waals surface area contributed by atoms with Gasteiger partial charge in [0.15, 0.2) is 0 Å². The molecule has 0 saturated heterocycles. The van der Waals surface area contributed by atoms with Crippen molar-refractivity contribution in [3.05, 3.63) is 30.3 Å². The summed E-state index contributed by atoms with van der Waals surface area (Å²) in [6.07, 6.45) is -0.753.